The van der Waals surface area contributed by atoms with Crippen LogP contribution in [-0.4, -0.2) is 24.4 Å². The molecule has 0 aromatic carbocycles. The summed E-state index contributed by atoms with van der Waals surface area (Å²) in [4.78, 5) is 22.0. The van der Waals surface area contributed by atoms with Gasteiger partial charge >= 0.3 is 0 Å². The van der Waals surface area contributed by atoms with Crippen LogP contribution >= 0.6 is 0 Å². The van der Waals surface area contributed by atoms with Crippen LogP contribution in [0.4, 0.5) is 0 Å². The zero-order chi connectivity index (χ0) is 9.84. The minimum atomic E-state index is -0.183. The predicted molar refractivity (Wildman–Crippen MR) is 49.0 cm³/mol. The fourth-order valence-corrected chi connectivity index (χ4v) is 1.27. The van der Waals surface area contributed by atoms with E-state index in [1.54, 1.807) is 0 Å². The Morgan fingerprint density at radius 2 is 2.23 bits per heavy atom. The summed E-state index contributed by atoms with van der Waals surface area (Å²) in [5.41, 5.74) is 0. The molecule has 1 heterocycles. The standard InChI is InChI=1S/C9H16N2O2/c1-6(2)5-10-7-3-4-8(12)11-9(7)13/h6-7,10H,3-5H2,1-2H3,(H,11,12,13). The lowest BCUT2D eigenvalue weighted by atomic mass is 10.1. The maximum Gasteiger partial charge on any atom is 0.243 e. The van der Waals surface area contributed by atoms with E-state index in [4.69, 9.17) is 0 Å². The first-order valence-corrected chi connectivity index (χ1v) is 4.66. The van der Waals surface area contributed by atoms with Crippen LogP contribution in [0.1, 0.15) is 26.7 Å². The van der Waals surface area contributed by atoms with E-state index < -0.39 is 0 Å². The summed E-state index contributed by atoms with van der Waals surface area (Å²) in [5.74, 6) is 0.176. The third kappa shape index (κ3) is 3.14. The summed E-state index contributed by atoms with van der Waals surface area (Å²) in [6, 6.07) is -0.180. The Bertz CT molecular complexity index is 214. The summed E-state index contributed by atoms with van der Waals surface area (Å²) in [7, 11) is 0. The molecule has 74 valence electrons. The van der Waals surface area contributed by atoms with E-state index in [0.29, 0.717) is 18.8 Å². The van der Waals surface area contributed by atoms with E-state index in [2.05, 4.69) is 24.5 Å². The molecule has 0 spiro atoms. The Kier molecular flexibility index (Phi) is 3.42. The molecule has 1 aliphatic heterocycles. The van der Waals surface area contributed by atoms with Crippen LogP contribution in [0.5, 0.6) is 0 Å². The summed E-state index contributed by atoms with van der Waals surface area (Å²) in [5, 5.41) is 5.44. The minimum Gasteiger partial charge on any atom is -0.306 e. The van der Waals surface area contributed by atoms with Crippen LogP contribution in [0.3, 0.4) is 0 Å². The van der Waals surface area contributed by atoms with Crippen LogP contribution in [0, 0.1) is 5.92 Å². The van der Waals surface area contributed by atoms with E-state index in [9.17, 15) is 9.59 Å². The molecule has 0 radical (unpaired) electrons. The second-order valence-corrected chi connectivity index (χ2v) is 3.81. The molecular weight excluding hydrogens is 168 g/mol. The Hall–Kier alpha value is -0.900. The van der Waals surface area contributed by atoms with Crippen molar-refractivity contribution in [2.45, 2.75) is 32.7 Å². The van der Waals surface area contributed by atoms with Gasteiger partial charge in [0.05, 0.1) is 6.04 Å². The number of nitrogens with one attached hydrogen (secondary N) is 2. The third-order valence-electron chi connectivity index (χ3n) is 2.01. The Morgan fingerprint density at radius 1 is 1.54 bits per heavy atom. The molecule has 0 aliphatic carbocycles. The molecule has 4 nitrogen and oxygen atoms in total. The van der Waals surface area contributed by atoms with Crippen molar-refractivity contribution in [1.82, 2.24) is 10.6 Å². The first-order chi connectivity index (χ1) is 6.09. The molecule has 13 heavy (non-hydrogen) atoms. The topological polar surface area (TPSA) is 58.2 Å². The molecule has 4 heteroatoms. The molecule has 2 amide bonds. The molecule has 0 aromatic heterocycles. The van der Waals surface area contributed by atoms with Crippen molar-refractivity contribution in [2.24, 2.45) is 5.92 Å². The maximum absolute atomic E-state index is 11.2. The van der Waals surface area contributed by atoms with E-state index in [1.807, 2.05) is 0 Å². The molecular formula is C9H16N2O2. The molecule has 0 aromatic rings. The SMILES string of the molecule is CC(C)CNC1CCC(=O)NC1=O. The average molecular weight is 184 g/mol. The molecule has 1 atom stereocenters. The number of hydrogen-bond donors (Lipinski definition) is 2. The van der Waals surface area contributed by atoms with Gasteiger partial charge in [0, 0.05) is 6.42 Å². The summed E-state index contributed by atoms with van der Waals surface area (Å²) in [6.07, 6.45) is 1.07. The zero-order valence-corrected chi connectivity index (χ0v) is 8.09. The molecule has 1 saturated heterocycles. The first kappa shape index (κ1) is 10.2. The molecule has 0 bridgehead atoms. The molecule has 1 fully saturated rings. The largest absolute Gasteiger partial charge is 0.306 e. The van der Waals surface area contributed by atoms with Crippen LogP contribution in [-0.2, 0) is 9.59 Å². The van der Waals surface area contributed by atoms with Gasteiger partial charge in [0.1, 0.15) is 0 Å². The fourth-order valence-electron chi connectivity index (χ4n) is 1.27. The van der Waals surface area contributed by atoms with Gasteiger partial charge in [-0.15, -0.1) is 0 Å². The van der Waals surface area contributed by atoms with Gasteiger partial charge in [-0.1, -0.05) is 13.8 Å². The quantitative estimate of drug-likeness (QED) is 0.609. The Labute approximate surface area is 78.1 Å². The van der Waals surface area contributed by atoms with Crippen molar-refractivity contribution in [3.63, 3.8) is 0 Å². The lowest BCUT2D eigenvalue weighted by Gasteiger charge is -2.22. The summed E-state index contributed by atoms with van der Waals surface area (Å²) < 4.78 is 0. The number of carbonyl (C=O) groups excluding carboxylic acids is 2. The van der Waals surface area contributed by atoms with Gasteiger partial charge in [0.2, 0.25) is 11.8 Å². The highest BCUT2D eigenvalue weighted by Gasteiger charge is 2.25. The number of piperidine rings is 1. The van der Waals surface area contributed by atoms with Crippen LogP contribution in [0.25, 0.3) is 0 Å². The van der Waals surface area contributed by atoms with Gasteiger partial charge in [0.15, 0.2) is 0 Å². The van der Waals surface area contributed by atoms with Crippen molar-refractivity contribution in [1.29, 1.82) is 0 Å². The third-order valence-corrected chi connectivity index (χ3v) is 2.01. The van der Waals surface area contributed by atoms with Crippen LogP contribution in [0.15, 0.2) is 0 Å². The van der Waals surface area contributed by atoms with Crippen molar-refractivity contribution in [3.8, 4) is 0 Å². The van der Waals surface area contributed by atoms with Gasteiger partial charge < -0.3 is 5.32 Å². The number of carbonyl (C=O) groups is 2. The highest BCUT2D eigenvalue weighted by Crippen LogP contribution is 2.04. The predicted octanol–water partition coefficient (Wildman–Crippen LogP) is 0.0372. The summed E-state index contributed by atoms with van der Waals surface area (Å²) in [6.45, 7) is 4.98. The van der Waals surface area contributed by atoms with Crippen molar-refractivity contribution in [2.75, 3.05) is 6.54 Å². The normalized spacial score (nSPS) is 23.5. The molecule has 2 N–H and O–H groups in total. The van der Waals surface area contributed by atoms with Crippen LogP contribution in [0.2, 0.25) is 0 Å². The smallest absolute Gasteiger partial charge is 0.243 e. The van der Waals surface area contributed by atoms with Crippen molar-refractivity contribution >= 4 is 11.8 Å². The number of hydrogen-bond acceptors (Lipinski definition) is 3. The number of rotatable bonds is 3. The second kappa shape index (κ2) is 4.37. The Balaban J connectivity index is 2.34. The summed E-state index contributed by atoms with van der Waals surface area (Å²) >= 11 is 0. The number of amides is 2. The average Bonchev–Trinajstić information content (AvgIpc) is 2.02. The highest BCUT2D eigenvalue weighted by molar-refractivity contribution is 6.00. The first-order valence-electron chi connectivity index (χ1n) is 4.66. The van der Waals surface area contributed by atoms with Gasteiger partial charge in [-0.3, -0.25) is 14.9 Å². The zero-order valence-electron chi connectivity index (χ0n) is 8.09. The van der Waals surface area contributed by atoms with Crippen molar-refractivity contribution in [3.05, 3.63) is 0 Å². The van der Waals surface area contributed by atoms with Gasteiger partial charge in [0.25, 0.3) is 0 Å². The van der Waals surface area contributed by atoms with E-state index in [-0.39, 0.29) is 17.9 Å². The lowest BCUT2D eigenvalue weighted by Crippen LogP contribution is -2.51. The lowest BCUT2D eigenvalue weighted by molar-refractivity contribution is -0.134. The van der Waals surface area contributed by atoms with E-state index >= 15 is 0 Å². The molecule has 1 rings (SSSR count). The molecule has 0 saturated carbocycles. The van der Waals surface area contributed by atoms with Gasteiger partial charge in [-0.25, -0.2) is 0 Å². The van der Waals surface area contributed by atoms with Gasteiger partial charge in [-0.05, 0) is 18.9 Å². The molecule has 1 aliphatic rings. The van der Waals surface area contributed by atoms with E-state index in [0.717, 1.165) is 6.54 Å². The van der Waals surface area contributed by atoms with E-state index in [1.165, 1.54) is 0 Å². The maximum atomic E-state index is 11.2. The van der Waals surface area contributed by atoms with Crippen LogP contribution < -0.4 is 10.6 Å². The monoisotopic (exact) mass is 184 g/mol. The minimum absolute atomic E-state index is 0.160. The van der Waals surface area contributed by atoms with Gasteiger partial charge in [-0.2, -0.15) is 0 Å². The number of imide groups is 1. The highest BCUT2D eigenvalue weighted by atomic mass is 16.2. The second-order valence-electron chi connectivity index (χ2n) is 3.81. The fraction of sp³-hybridized carbons (Fsp3) is 0.778. The molecule has 1 unspecified atom stereocenters. The Morgan fingerprint density at radius 3 is 2.77 bits per heavy atom. The van der Waals surface area contributed by atoms with Crippen molar-refractivity contribution < 1.29 is 9.59 Å².